The van der Waals surface area contributed by atoms with Gasteiger partial charge >= 0.3 is 0 Å². The van der Waals surface area contributed by atoms with Crippen LogP contribution in [0.3, 0.4) is 0 Å². The number of halogens is 2. The lowest BCUT2D eigenvalue weighted by Crippen LogP contribution is -2.48. The van der Waals surface area contributed by atoms with Crippen LogP contribution in [-0.4, -0.2) is 58.6 Å². The highest BCUT2D eigenvalue weighted by molar-refractivity contribution is 6.35. The van der Waals surface area contributed by atoms with E-state index >= 15 is 4.39 Å². The van der Waals surface area contributed by atoms with E-state index in [0.717, 1.165) is 10.8 Å². The molecule has 7 nitrogen and oxygen atoms in total. The van der Waals surface area contributed by atoms with Gasteiger partial charge in [0, 0.05) is 49.7 Å². The van der Waals surface area contributed by atoms with Crippen molar-refractivity contribution in [3.8, 4) is 16.9 Å². The van der Waals surface area contributed by atoms with Crippen molar-refractivity contribution in [1.82, 2.24) is 14.9 Å². The second-order valence-electron chi connectivity index (χ2n) is 8.31. The van der Waals surface area contributed by atoms with Gasteiger partial charge in [0.15, 0.2) is 5.82 Å². The summed E-state index contributed by atoms with van der Waals surface area (Å²) in [7, 11) is 0. The van der Waals surface area contributed by atoms with Gasteiger partial charge in [-0.25, -0.2) is 14.4 Å². The number of nitrogens with zero attached hydrogens (tertiary/aromatic N) is 4. The molecule has 2 heterocycles. The lowest BCUT2D eigenvalue weighted by Gasteiger charge is -2.35. The zero-order valence-corrected chi connectivity index (χ0v) is 19.5. The summed E-state index contributed by atoms with van der Waals surface area (Å²) < 4.78 is 16.0. The van der Waals surface area contributed by atoms with Crippen molar-refractivity contribution < 1.29 is 14.3 Å². The zero-order chi connectivity index (χ0) is 24.5. The highest BCUT2D eigenvalue weighted by Gasteiger charge is 2.25. The molecule has 9 heteroatoms. The molecule has 1 aliphatic rings. The first-order valence-corrected chi connectivity index (χ1v) is 11.6. The second kappa shape index (κ2) is 9.48. The summed E-state index contributed by atoms with van der Waals surface area (Å²) in [4.78, 5) is 24.6. The summed E-state index contributed by atoms with van der Waals surface area (Å²) >= 11 is 6.65. The summed E-state index contributed by atoms with van der Waals surface area (Å²) in [6.45, 7) is 2.38. The number of phenols is 1. The number of piperazine rings is 1. The largest absolute Gasteiger partial charge is 0.508 e. The summed E-state index contributed by atoms with van der Waals surface area (Å²) in [5, 5.41) is 12.5. The van der Waals surface area contributed by atoms with Crippen LogP contribution in [-0.2, 0) is 4.79 Å². The first-order chi connectivity index (χ1) is 17.0. The Morgan fingerprint density at radius 2 is 1.89 bits per heavy atom. The van der Waals surface area contributed by atoms with Crippen molar-refractivity contribution in [3.05, 3.63) is 71.8 Å². The maximum Gasteiger partial charge on any atom is 0.246 e. The summed E-state index contributed by atoms with van der Waals surface area (Å²) in [6.07, 6.45) is 4.45. The molecule has 0 aliphatic carbocycles. The zero-order valence-electron chi connectivity index (χ0n) is 18.8. The first-order valence-electron chi connectivity index (χ1n) is 11.2. The highest BCUT2D eigenvalue weighted by Crippen LogP contribution is 2.41. The van der Waals surface area contributed by atoms with Gasteiger partial charge in [0.2, 0.25) is 5.91 Å². The van der Waals surface area contributed by atoms with Crippen LogP contribution in [0.1, 0.15) is 0 Å². The number of phenolic OH excluding ortho intramolecular Hbond substituents is 1. The third kappa shape index (κ3) is 4.26. The van der Waals surface area contributed by atoms with Crippen LogP contribution in [0, 0.1) is 5.82 Å². The molecule has 0 radical (unpaired) electrons. The van der Waals surface area contributed by atoms with Crippen LogP contribution in [0.5, 0.6) is 5.75 Å². The van der Waals surface area contributed by atoms with Gasteiger partial charge in [-0.2, -0.15) is 0 Å². The number of anilines is 1. The van der Waals surface area contributed by atoms with E-state index in [4.69, 9.17) is 17.3 Å². The number of carbonyl (C=O) groups is 1. The molecule has 0 atom stereocenters. The van der Waals surface area contributed by atoms with Crippen LogP contribution < -0.4 is 10.6 Å². The van der Waals surface area contributed by atoms with E-state index in [2.05, 4.69) is 9.97 Å². The SMILES string of the molecule is NC/C=C/C(=O)N1CCN(c2ncnc3c(F)c(-c4cc(O)cc5ccccc45)c(Cl)cc23)CC1. The molecule has 1 aliphatic heterocycles. The number of rotatable bonds is 4. The van der Waals surface area contributed by atoms with Gasteiger partial charge < -0.3 is 20.6 Å². The summed E-state index contributed by atoms with van der Waals surface area (Å²) in [6, 6.07) is 12.2. The quantitative estimate of drug-likeness (QED) is 0.417. The van der Waals surface area contributed by atoms with Gasteiger partial charge in [0.25, 0.3) is 0 Å². The fraction of sp³-hybridized carbons (Fsp3) is 0.192. The number of aromatic nitrogens is 2. The number of amides is 1. The standard InChI is InChI=1S/C26H23ClFN5O2/c27-21-14-20-25(24(28)23(21)19-13-17(34)12-16-4-1-2-5-18(16)19)30-15-31-26(20)33-10-8-32(9-11-33)22(35)6-3-7-29/h1-6,12-15,34H,7-11,29H2/b6-3+. The molecule has 1 saturated heterocycles. The molecule has 5 rings (SSSR count). The van der Waals surface area contributed by atoms with Gasteiger partial charge in [-0.05, 0) is 34.5 Å². The fourth-order valence-corrected chi connectivity index (χ4v) is 4.82. The molecule has 0 unspecified atom stereocenters. The van der Waals surface area contributed by atoms with Crippen LogP contribution in [0.25, 0.3) is 32.8 Å². The maximum atomic E-state index is 16.0. The molecular weight excluding hydrogens is 469 g/mol. The number of benzene rings is 3. The van der Waals surface area contributed by atoms with Gasteiger partial charge in [0.1, 0.15) is 23.4 Å². The summed E-state index contributed by atoms with van der Waals surface area (Å²) in [5.74, 6) is -0.0774. The molecule has 1 fully saturated rings. The molecule has 3 N–H and O–H groups in total. The predicted octanol–water partition coefficient (Wildman–Crippen LogP) is 4.11. The fourth-order valence-electron chi connectivity index (χ4n) is 4.53. The Hall–Kier alpha value is -3.75. The van der Waals surface area contributed by atoms with E-state index in [1.54, 1.807) is 23.1 Å². The minimum atomic E-state index is -0.576. The van der Waals surface area contributed by atoms with Crippen molar-refractivity contribution in [2.75, 3.05) is 37.6 Å². The smallest absolute Gasteiger partial charge is 0.246 e. The third-order valence-electron chi connectivity index (χ3n) is 6.20. The minimum absolute atomic E-state index is 0.0198. The first kappa shape index (κ1) is 23.0. The van der Waals surface area contributed by atoms with Crippen LogP contribution in [0.4, 0.5) is 10.2 Å². The van der Waals surface area contributed by atoms with Crippen molar-refractivity contribution in [2.45, 2.75) is 0 Å². The number of fused-ring (bicyclic) bond motifs is 2. The molecule has 3 aromatic carbocycles. The number of hydrogen-bond acceptors (Lipinski definition) is 6. The Morgan fingerprint density at radius 1 is 1.11 bits per heavy atom. The third-order valence-corrected chi connectivity index (χ3v) is 6.50. The van der Waals surface area contributed by atoms with Crippen molar-refractivity contribution in [3.63, 3.8) is 0 Å². The number of aromatic hydroxyl groups is 1. The molecule has 35 heavy (non-hydrogen) atoms. The van der Waals surface area contributed by atoms with Crippen LogP contribution in [0.2, 0.25) is 5.02 Å². The van der Waals surface area contributed by atoms with Crippen molar-refractivity contribution >= 4 is 45.0 Å². The Balaban J connectivity index is 1.54. The van der Waals surface area contributed by atoms with E-state index in [0.29, 0.717) is 49.5 Å². The van der Waals surface area contributed by atoms with Crippen LogP contribution in [0.15, 0.2) is 60.9 Å². The van der Waals surface area contributed by atoms with Crippen molar-refractivity contribution in [2.24, 2.45) is 5.73 Å². The highest BCUT2D eigenvalue weighted by atomic mass is 35.5. The Labute approximate surface area is 206 Å². The van der Waals surface area contributed by atoms with Crippen LogP contribution >= 0.6 is 11.6 Å². The van der Waals surface area contributed by atoms with E-state index in [1.807, 2.05) is 29.2 Å². The number of carbonyl (C=O) groups excluding carboxylic acids is 1. The number of nitrogens with two attached hydrogens (primary N) is 1. The molecule has 4 aromatic rings. The van der Waals surface area contributed by atoms with E-state index < -0.39 is 5.82 Å². The predicted molar refractivity (Wildman–Crippen MR) is 136 cm³/mol. The number of hydrogen-bond donors (Lipinski definition) is 2. The normalized spacial score (nSPS) is 14.4. The lowest BCUT2D eigenvalue weighted by molar-refractivity contribution is -0.126. The Morgan fingerprint density at radius 3 is 2.66 bits per heavy atom. The van der Waals surface area contributed by atoms with Crippen molar-refractivity contribution in [1.29, 1.82) is 0 Å². The monoisotopic (exact) mass is 491 g/mol. The second-order valence-corrected chi connectivity index (χ2v) is 8.71. The molecule has 1 amide bonds. The molecule has 0 bridgehead atoms. The van der Waals surface area contributed by atoms with E-state index in [1.165, 1.54) is 18.5 Å². The Bertz CT molecular complexity index is 1470. The van der Waals surface area contributed by atoms with Gasteiger partial charge in [-0.3, -0.25) is 4.79 Å². The molecule has 0 spiro atoms. The Kier molecular flexibility index (Phi) is 6.23. The molecule has 0 saturated carbocycles. The van der Waals surface area contributed by atoms with E-state index in [9.17, 15) is 9.90 Å². The maximum absolute atomic E-state index is 16.0. The average molecular weight is 492 g/mol. The average Bonchev–Trinajstić information content (AvgIpc) is 2.87. The molecular formula is C26H23ClFN5O2. The van der Waals surface area contributed by atoms with Gasteiger partial charge in [-0.15, -0.1) is 0 Å². The van der Waals surface area contributed by atoms with Gasteiger partial charge in [0.05, 0.1) is 5.02 Å². The lowest BCUT2D eigenvalue weighted by atomic mass is 9.96. The van der Waals surface area contributed by atoms with Gasteiger partial charge in [-0.1, -0.05) is 41.9 Å². The topological polar surface area (TPSA) is 95.6 Å². The molecule has 178 valence electrons. The summed E-state index contributed by atoms with van der Waals surface area (Å²) in [5.41, 5.74) is 6.24. The van der Waals surface area contributed by atoms with E-state index in [-0.39, 0.29) is 27.8 Å². The molecule has 1 aromatic heterocycles. The minimum Gasteiger partial charge on any atom is -0.508 e.